The molecule has 0 aromatic carbocycles. The highest BCUT2D eigenvalue weighted by molar-refractivity contribution is 7.18. The van der Waals surface area contributed by atoms with Crippen molar-refractivity contribution in [2.24, 2.45) is 0 Å². The molecule has 0 saturated heterocycles. The number of anilines is 1. The molecule has 1 amide bonds. The highest BCUT2D eigenvalue weighted by Gasteiger charge is 2.32. The fourth-order valence-electron chi connectivity index (χ4n) is 3.55. The van der Waals surface area contributed by atoms with Crippen LogP contribution in [0.5, 0.6) is 0 Å². The first-order chi connectivity index (χ1) is 13.4. The Morgan fingerprint density at radius 1 is 1.31 bits per heavy atom. The third-order valence-corrected chi connectivity index (χ3v) is 5.78. The number of nitrogens with one attached hydrogen (secondary N) is 1. The van der Waals surface area contributed by atoms with Gasteiger partial charge in [0.05, 0.1) is 11.8 Å². The smallest absolute Gasteiger partial charge is 0.407 e. The van der Waals surface area contributed by atoms with Crippen LogP contribution < -0.4 is 10.2 Å². The van der Waals surface area contributed by atoms with Gasteiger partial charge >= 0.3 is 12.3 Å². The normalized spacial score (nSPS) is 20.1. The monoisotopic (exact) mass is 430 g/mol. The summed E-state index contributed by atoms with van der Waals surface area (Å²) in [7, 11) is 1.88. The van der Waals surface area contributed by atoms with Crippen molar-refractivity contribution in [2.75, 3.05) is 11.9 Å². The number of amides is 1. The number of fused-ring (bicyclic) bond motifs is 1. The van der Waals surface area contributed by atoms with Crippen molar-refractivity contribution in [3.63, 3.8) is 0 Å². The van der Waals surface area contributed by atoms with Crippen LogP contribution in [0.3, 0.4) is 0 Å². The van der Waals surface area contributed by atoms with Gasteiger partial charge in [-0.2, -0.15) is 13.2 Å². The number of alkyl carbamates (subject to hydrolysis) is 1. The van der Waals surface area contributed by atoms with Crippen molar-refractivity contribution in [3.05, 3.63) is 17.3 Å². The number of carbonyl (C=O) groups excluding carboxylic acids is 1. The van der Waals surface area contributed by atoms with E-state index in [1.807, 2.05) is 32.7 Å². The van der Waals surface area contributed by atoms with Gasteiger partial charge in [0.2, 0.25) is 0 Å². The largest absolute Gasteiger partial charge is 0.444 e. The lowest BCUT2D eigenvalue weighted by Gasteiger charge is -2.26. The molecule has 2 aromatic rings. The molecule has 3 rings (SSSR count). The van der Waals surface area contributed by atoms with E-state index in [1.54, 1.807) is 0 Å². The number of thiophene rings is 1. The Balaban J connectivity index is 1.70. The number of aromatic nitrogens is 2. The van der Waals surface area contributed by atoms with E-state index in [0.717, 1.165) is 24.2 Å². The van der Waals surface area contributed by atoms with Gasteiger partial charge in [-0.25, -0.2) is 14.8 Å². The molecule has 0 radical (unpaired) electrons. The van der Waals surface area contributed by atoms with Crippen molar-refractivity contribution in [2.45, 2.75) is 70.3 Å². The van der Waals surface area contributed by atoms with Crippen LogP contribution in [0.4, 0.5) is 23.8 Å². The number of hydrogen-bond acceptors (Lipinski definition) is 6. The Bertz CT molecular complexity index is 878. The molecule has 160 valence electrons. The van der Waals surface area contributed by atoms with Gasteiger partial charge in [0.1, 0.15) is 22.6 Å². The van der Waals surface area contributed by atoms with Gasteiger partial charge in [-0.3, -0.25) is 0 Å². The lowest BCUT2D eigenvalue weighted by molar-refractivity contribution is -0.126. The fraction of sp³-hybridized carbons (Fsp3) is 0.632. The van der Waals surface area contributed by atoms with Crippen LogP contribution >= 0.6 is 11.3 Å². The molecule has 10 heteroatoms. The van der Waals surface area contributed by atoms with Crippen molar-refractivity contribution in [3.8, 4) is 0 Å². The van der Waals surface area contributed by atoms with E-state index in [2.05, 4.69) is 15.3 Å². The van der Waals surface area contributed by atoms with Crippen molar-refractivity contribution in [1.82, 2.24) is 15.3 Å². The number of halogens is 3. The second-order valence-corrected chi connectivity index (χ2v) is 9.46. The molecule has 1 aliphatic rings. The van der Waals surface area contributed by atoms with Crippen molar-refractivity contribution in [1.29, 1.82) is 0 Å². The molecule has 0 bridgehead atoms. The molecule has 1 fully saturated rings. The Labute approximate surface area is 171 Å². The minimum atomic E-state index is -4.26. The summed E-state index contributed by atoms with van der Waals surface area (Å²) < 4.78 is 43.5. The third-order valence-electron chi connectivity index (χ3n) is 4.74. The van der Waals surface area contributed by atoms with E-state index in [-0.39, 0.29) is 17.0 Å². The average molecular weight is 430 g/mol. The molecule has 2 aromatic heterocycles. The fourth-order valence-corrected chi connectivity index (χ4v) is 4.57. The molecule has 1 unspecified atom stereocenters. The van der Waals surface area contributed by atoms with E-state index in [9.17, 15) is 18.0 Å². The Kier molecular flexibility index (Phi) is 5.93. The Morgan fingerprint density at radius 2 is 2.03 bits per heavy atom. The molecule has 6 nitrogen and oxygen atoms in total. The maximum atomic E-state index is 12.7. The van der Waals surface area contributed by atoms with Crippen LogP contribution in [0.1, 0.15) is 44.9 Å². The first kappa shape index (κ1) is 21.6. The summed E-state index contributed by atoms with van der Waals surface area (Å²) in [5.74, 6) is 0.614. The molecule has 0 aliphatic heterocycles. The van der Waals surface area contributed by atoms with Gasteiger partial charge in [-0.1, -0.05) is 0 Å². The summed E-state index contributed by atoms with van der Waals surface area (Å²) in [4.78, 5) is 23.2. The van der Waals surface area contributed by atoms with E-state index < -0.39 is 24.3 Å². The van der Waals surface area contributed by atoms with E-state index in [4.69, 9.17) is 4.74 Å². The van der Waals surface area contributed by atoms with E-state index >= 15 is 0 Å². The molecule has 0 spiro atoms. The summed E-state index contributed by atoms with van der Waals surface area (Å²) in [5, 5.41) is 3.52. The van der Waals surface area contributed by atoms with Gasteiger partial charge < -0.3 is 15.0 Å². The van der Waals surface area contributed by atoms with Crippen molar-refractivity contribution >= 4 is 33.5 Å². The van der Waals surface area contributed by atoms with E-state index in [0.29, 0.717) is 22.5 Å². The molecule has 1 saturated carbocycles. The van der Waals surface area contributed by atoms with Crippen molar-refractivity contribution < 1.29 is 22.7 Å². The lowest BCUT2D eigenvalue weighted by atomic mass is 10.2. The summed E-state index contributed by atoms with van der Waals surface area (Å²) >= 11 is 1.04. The number of alkyl halides is 3. The van der Waals surface area contributed by atoms with Crippen LogP contribution in [0.15, 0.2) is 12.4 Å². The van der Waals surface area contributed by atoms with Crippen LogP contribution in [0, 0.1) is 0 Å². The minimum Gasteiger partial charge on any atom is -0.444 e. The number of carbonyl (C=O) groups is 1. The zero-order chi connectivity index (χ0) is 21.4. The predicted octanol–water partition coefficient (Wildman–Crippen LogP) is 4.68. The Morgan fingerprint density at radius 3 is 2.69 bits per heavy atom. The number of nitrogens with zero attached hydrogens (tertiary/aromatic N) is 3. The molecular formula is C19H25F3N4O2S. The molecule has 1 aliphatic carbocycles. The van der Waals surface area contributed by atoms with Gasteiger partial charge in [0.25, 0.3) is 0 Å². The number of ether oxygens (including phenoxy) is 1. The summed E-state index contributed by atoms with van der Waals surface area (Å²) in [6.45, 7) is 5.43. The maximum Gasteiger partial charge on any atom is 0.407 e. The maximum absolute atomic E-state index is 12.7. The molecule has 2 atom stereocenters. The zero-order valence-electron chi connectivity index (χ0n) is 16.8. The number of hydrogen-bond donors (Lipinski definition) is 1. The van der Waals surface area contributed by atoms with Crippen LogP contribution in [-0.2, 0) is 11.2 Å². The zero-order valence-corrected chi connectivity index (χ0v) is 17.7. The van der Waals surface area contributed by atoms with Gasteiger partial charge in [-0.05, 0) is 46.1 Å². The topological polar surface area (TPSA) is 67.4 Å². The third kappa shape index (κ3) is 5.71. The highest BCUT2D eigenvalue weighted by Crippen LogP contribution is 2.35. The second-order valence-electron chi connectivity index (χ2n) is 8.34. The quantitative estimate of drug-likeness (QED) is 0.763. The summed E-state index contributed by atoms with van der Waals surface area (Å²) in [6, 6.07) is 1.63. The average Bonchev–Trinajstić information content (AvgIpc) is 3.16. The molecule has 29 heavy (non-hydrogen) atoms. The molecule has 2 heterocycles. The highest BCUT2D eigenvalue weighted by atomic mass is 32.1. The predicted molar refractivity (Wildman–Crippen MR) is 106 cm³/mol. The molecular weight excluding hydrogens is 405 g/mol. The van der Waals surface area contributed by atoms with Gasteiger partial charge in [0.15, 0.2) is 0 Å². The van der Waals surface area contributed by atoms with Crippen LogP contribution in [-0.4, -0.2) is 47.0 Å². The second kappa shape index (κ2) is 7.97. The van der Waals surface area contributed by atoms with Gasteiger partial charge in [0, 0.05) is 24.0 Å². The summed E-state index contributed by atoms with van der Waals surface area (Å²) in [6.07, 6.45) is -1.94. The SMILES string of the molecule is CN(c1ncnc2sc(CC(F)(F)F)cc12)[C@@H]1CCC(NC(=O)OC(C)(C)C)C1. The minimum absolute atomic E-state index is 0.0158. The van der Waals surface area contributed by atoms with Crippen LogP contribution in [0.2, 0.25) is 0 Å². The standard InChI is InChI=1S/C19H25F3N4O2S/c1-18(2,3)28-17(27)25-11-5-6-12(7-11)26(4)15-14-8-13(9-19(20,21)22)29-16(14)24-10-23-15/h8,10-12H,5-7,9H2,1-4H3,(H,25,27)/t11?,12-/m1/s1. The summed E-state index contributed by atoms with van der Waals surface area (Å²) in [5.41, 5.74) is -0.557. The van der Waals surface area contributed by atoms with E-state index in [1.165, 1.54) is 12.4 Å². The first-order valence-electron chi connectivity index (χ1n) is 9.44. The lowest BCUT2D eigenvalue weighted by Crippen LogP contribution is -2.39. The Hall–Kier alpha value is -2.10. The molecule has 1 N–H and O–H groups in total. The van der Waals surface area contributed by atoms with Gasteiger partial charge in [-0.15, -0.1) is 11.3 Å². The van der Waals surface area contributed by atoms with Crippen LogP contribution in [0.25, 0.3) is 10.2 Å². The number of rotatable bonds is 4. The first-order valence-corrected chi connectivity index (χ1v) is 10.3.